The standard InChI is InChI=1S/C32H35BrN2O3/c1-2-32(31(34)36,24-6-4-3-5-7-24)17-26-27-19-35(20-28(26)27,18-23-8-11-25(33)12-9-23)15-14-22-10-13-29-30(16-22)38-21-37-29/h3-13,16,26-28H,2,14-15,17-21H2,1H3,(H-,34,36)/p+1. The number of carbonyl (C=O) groups excluding carboxylic acids is 1. The van der Waals surface area contributed by atoms with E-state index >= 15 is 0 Å². The van der Waals surface area contributed by atoms with Crippen LogP contribution in [0.1, 0.15) is 36.5 Å². The van der Waals surface area contributed by atoms with Crippen molar-refractivity contribution in [2.24, 2.45) is 23.5 Å². The zero-order valence-electron chi connectivity index (χ0n) is 21.9. The van der Waals surface area contributed by atoms with Crippen LogP contribution in [-0.4, -0.2) is 36.8 Å². The third-order valence-corrected chi connectivity index (χ3v) is 9.96. The quantitative estimate of drug-likeness (QED) is 0.309. The van der Waals surface area contributed by atoms with E-state index in [1.807, 2.05) is 24.3 Å². The minimum Gasteiger partial charge on any atom is -0.454 e. The molecule has 1 saturated heterocycles. The van der Waals surface area contributed by atoms with Gasteiger partial charge in [0.15, 0.2) is 11.5 Å². The van der Waals surface area contributed by atoms with E-state index in [-0.39, 0.29) is 5.91 Å². The van der Waals surface area contributed by atoms with E-state index in [0.717, 1.165) is 71.5 Å². The molecule has 1 amide bonds. The van der Waals surface area contributed by atoms with E-state index in [4.69, 9.17) is 15.2 Å². The van der Waals surface area contributed by atoms with Gasteiger partial charge in [-0.3, -0.25) is 4.79 Å². The molecule has 198 valence electrons. The van der Waals surface area contributed by atoms with Gasteiger partial charge in [0.1, 0.15) is 6.54 Å². The average molecular weight is 577 g/mol. The van der Waals surface area contributed by atoms with Gasteiger partial charge in [-0.2, -0.15) is 0 Å². The number of piperidine rings is 1. The van der Waals surface area contributed by atoms with Crippen molar-refractivity contribution in [2.75, 3.05) is 26.4 Å². The number of nitrogens with two attached hydrogens (primary N) is 1. The van der Waals surface area contributed by atoms with Gasteiger partial charge >= 0.3 is 0 Å². The molecule has 2 aliphatic heterocycles. The largest absolute Gasteiger partial charge is 0.454 e. The number of benzene rings is 3. The van der Waals surface area contributed by atoms with Crippen molar-refractivity contribution < 1.29 is 18.8 Å². The molecule has 3 unspecified atom stereocenters. The molecule has 2 heterocycles. The molecule has 2 N–H and O–H groups in total. The van der Waals surface area contributed by atoms with Gasteiger partial charge in [-0.15, -0.1) is 0 Å². The topological polar surface area (TPSA) is 61.6 Å². The number of ether oxygens (including phenoxy) is 2. The number of quaternary nitrogens is 1. The second-order valence-corrected chi connectivity index (χ2v) is 12.4. The minimum absolute atomic E-state index is 0.186. The summed E-state index contributed by atoms with van der Waals surface area (Å²) in [6, 6.07) is 25.3. The lowest BCUT2D eigenvalue weighted by Gasteiger charge is -2.38. The average Bonchev–Trinajstić information content (AvgIpc) is 3.26. The van der Waals surface area contributed by atoms with E-state index in [1.54, 1.807) is 0 Å². The van der Waals surface area contributed by atoms with Gasteiger partial charge in [0.25, 0.3) is 0 Å². The SMILES string of the molecule is CCC(CC1C2C[N+](CCc3ccc4c(c3)OCO4)(Cc3ccc(Br)cc3)CC12)(C(N)=O)c1ccccc1. The van der Waals surface area contributed by atoms with E-state index in [2.05, 4.69) is 71.4 Å². The number of fused-ring (bicyclic) bond motifs is 2. The summed E-state index contributed by atoms with van der Waals surface area (Å²) < 4.78 is 13.3. The lowest BCUT2D eigenvalue weighted by Crippen LogP contribution is -2.49. The van der Waals surface area contributed by atoms with Crippen molar-refractivity contribution in [1.82, 2.24) is 0 Å². The maximum atomic E-state index is 12.9. The van der Waals surface area contributed by atoms with Gasteiger partial charge in [-0.1, -0.05) is 71.4 Å². The fraction of sp³-hybridized carbons (Fsp3) is 0.406. The molecule has 38 heavy (non-hydrogen) atoms. The molecule has 1 saturated carbocycles. The molecule has 3 aromatic carbocycles. The van der Waals surface area contributed by atoms with Crippen molar-refractivity contribution in [3.05, 3.63) is 94.0 Å². The van der Waals surface area contributed by atoms with Crippen LogP contribution >= 0.6 is 15.9 Å². The number of halogens is 1. The number of rotatable bonds is 10. The Morgan fingerprint density at radius 1 is 0.974 bits per heavy atom. The molecule has 3 atom stereocenters. The number of likely N-dealkylation sites (tertiary alicyclic amines) is 1. The maximum Gasteiger partial charge on any atom is 0.231 e. The van der Waals surface area contributed by atoms with Crippen LogP contribution in [0, 0.1) is 17.8 Å². The molecule has 3 aliphatic rings. The molecule has 5 nitrogen and oxygen atoms in total. The first-order chi connectivity index (χ1) is 18.4. The summed E-state index contributed by atoms with van der Waals surface area (Å²) >= 11 is 3.58. The van der Waals surface area contributed by atoms with Crippen molar-refractivity contribution >= 4 is 21.8 Å². The van der Waals surface area contributed by atoms with Crippen molar-refractivity contribution in [1.29, 1.82) is 0 Å². The van der Waals surface area contributed by atoms with E-state index in [9.17, 15) is 4.79 Å². The molecule has 0 spiro atoms. The Balaban J connectivity index is 1.20. The zero-order chi connectivity index (χ0) is 26.3. The van der Waals surface area contributed by atoms with Crippen LogP contribution in [0.3, 0.4) is 0 Å². The third kappa shape index (κ3) is 4.73. The van der Waals surface area contributed by atoms with Crippen LogP contribution in [-0.2, 0) is 23.2 Å². The van der Waals surface area contributed by atoms with Gasteiger partial charge in [-0.25, -0.2) is 0 Å². The van der Waals surface area contributed by atoms with Crippen molar-refractivity contribution in [3.63, 3.8) is 0 Å². The predicted molar refractivity (Wildman–Crippen MR) is 152 cm³/mol. The highest BCUT2D eigenvalue weighted by Gasteiger charge is 2.64. The highest BCUT2D eigenvalue weighted by Crippen LogP contribution is 2.59. The van der Waals surface area contributed by atoms with E-state index < -0.39 is 5.41 Å². The highest BCUT2D eigenvalue weighted by atomic mass is 79.9. The monoisotopic (exact) mass is 575 g/mol. The van der Waals surface area contributed by atoms with Crippen molar-refractivity contribution in [2.45, 2.75) is 38.1 Å². The summed E-state index contributed by atoms with van der Waals surface area (Å²) in [5.41, 5.74) is 9.25. The van der Waals surface area contributed by atoms with Crippen LogP contribution in [0.2, 0.25) is 0 Å². The predicted octanol–water partition coefficient (Wildman–Crippen LogP) is 5.84. The van der Waals surface area contributed by atoms with E-state index in [0.29, 0.717) is 24.5 Å². The maximum absolute atomic E-state index is 12.9. The lowest BCUT2D eigenvalue weighted by molar-refractivity contribution is -0.934. The second-order valence-electron chi connectivity index (χ2n) is 11.5. The molecule has 6 heteroatoms. The van der Waals surface area contributed by atoms with Gasteiger partial charge in [0, 0.05) is 28.3 Å². The Hall–Kier alpha value is -2.83. The zero-order valence-corrected chi connectivity index (χ0v) is 23.5. The fourth-order valence-electron chi connectivity index (χ4n) is 7.21. The summed E-state index contributed by atoms with van der Waals surface area (Å²) in [7, 11) is 0. The molecule has 6 rings (SSSR count). The lowest BCUT2D eigenvalue weighted by atomic mass is 9.72. The van der Waals surface area contributed by atoms with Crippen LogP contribution < -0.4 is 15.2 Å². The molecule has 1 aliphatic carbocycles. The van der Waals surface area contributed by atoms with Gasteiger partial charge < -0.3 is 19.7 Å². The number of carbonyl (C=O) groups is 1. The van der Waals surface area contributed by atoms with Gasteiger partial charge in [0.05, 0.1) is 25.0 Å². The van der Waals surface area contributed by atoms with Crippen LogP contribution in [0.4, 0.5) is 0 Å². The van der Waals surface area contributed by atoms with Crippen LogP contribution in [0.25, 0.3) is 0 Å². The summed E-state index contributed by atoms with van der Waals surface area (Å²) in [6.07, 6.45) is 2.60. The number of hydrogen-bond acceptors (Lipinski definition) is 3. The summed E-state index contributed by atoms with van der Waals surface area (Å²) in [5, 5.41) is 0. The second kappa shape index (κ2) is 10.0. The fourth-order valence-corrected chi connectivity index (χ4v) is 7.48. The van der Waals surface area contributed by atoms with Gasteiger partial charge in [0.2, 0.25) is 12.7 Å². The summed E-state index contributed by atoms with van der Waals surface area (Å²) in [4.78, 5) is 12.9. The first-order valence-electron chi connectivity index (χ1n) is 13.7. The van der Waals surface area contributed by atoms with E-state index in [1.165, 1.54) is 11.1 Å². The Morgan fingerprint density at radius 3 is 2.34 bits per heavy atom. The first kappa shape index (κ1) is 25.4. The molecular formula is C32H36BrN2O3+. The normalized spacial score (nSPS) is 26.5. The number of primary amides is 1. The number of nitrogens with zero attached hydrogens (tertiary/aromatic N) is 1. The number of amides is 1. The Labute approximate surface area is 233 Å². The molecule has 3 aromatic rings. The smallest absolute Gasteiger partial charge is 0.231 e. The Morgan fingerprint density at radius 2 is 1.66 bits per heavy atom. The minimum atomic E-state index is -0.579. The Bertz CT molecular complexity index is 1300. The molecule has 0 aromatic heterocycles. The van der Waals surface area contributed by atoms with Crippen molar-refractivity contribution in [3.8, 4) is 11.5 Å². The Kier molecular flexibility index (Phi) is 6.73. The highest BCUT2D eigenvalue weighted by molar-refractivity contribution is 9.10. The summed E-state index contributed by atoms with van der Waals surface area (Å²) in [5.74, 6) is 3.37. The number of hydrogen-bond donors (Lipinski definition) is 1. The summed E-state index contributed by atoms with van der Waals surface area (Å²) in [6.45, 7) is 6.84. The van der Waals surface area contributed by atoms with Gasteiger partial charge in [-0.05, 0) is 54.2 Å². The first-order valence-corrected chi connectivity index (χ1v) is 14.5. The van der Waals surface area contributed by atoms with Crippen LogP contribution in [0.5, 0.6) is 11.5 Å². The molecule has 0 bridgehead atoms. The van der Waals surface area contributed by atoms with Crippen LogP contribution in [0.15, 0.2) is 77.3 Å². The third-order valence-electron chi connectivity index (χ3n) is 9.43. The molecule has 2 fully saturated rings. The molecule has 0 radical (unpaired) electrons. The molecular weight excluding hydrogens is 540 g/mol.